The van der Waals surface area contributed by atoms with Crippen LogP contribution in [0.5, 0.6) is 0 Å². The third kappa shape index (κ3) is 12.3. The first-order valence-corrected chi connectivity index (χ1v) is 30.8. The van der Waals surface area contributed by atoms with Crippen LogP contribution in [-0.2, 0) is 47.4 Å². The Morgan fingerprint density at radius 2 is 1.01 bits per heavy atom. The van der Waals surface area contributed by atoms with Gasteiger partial charge in [-0.05, 0) is 124 Å². The number of ether oxygens (including phenoxy) is 10. The van der Waals surface area contributed by atoms with E-state index in [1.807, 2.05) is 20.8 Å². The molecule has 0 aromatic rings. The lowest BCUT2D eigenvalue weighted by molar-refractivity contribution is -0.395. The first-order valence-electron chi connectivity index (χ1n) is 30.8. The van der Waals surface area contributed by atoms with E-state index in [0.717, 1.165) is 24.8 Å². The van der Waals surface area contributed by atoms with Gasteiger partial charge in [0.15, 0.2) is 31.5 Å². The molecule has 34 atom stereocenters. The Balaban J connectivity index is 0.933. The predicted molar refractivity (Wildman–Crippen MR) is 293 cm³/mol. The summed E-state index contributed by atoms with van der Waals surface area (Å²) in [6.45, 7) is 13.8. The summed E-state index contributed by atoms with van der Waals surface area (Å²) >= 11 is 0. The second-order valence-corrected chi connectivity index (χ2v) is 28.1. The van der Waals surface area contributed by atoms with Crippen molar-refractivity contribution in [3.8, 4) is 0 Å². The summed E-state index contributed by atoms with van der Waals surface area (Å²) in [5.74, 6) is -0.656. The lowest BCUT2D eigenvalue weighted by Crippen LogP contribution is -2.68. The van der Waals surface area contributed by atoms with E-state index >= 15 is 0 Å². The number of hydrogen-bond donors (Lipinski definition) is 17. The molecule has 0 bridgehead atoms. The lowest BCUT2D eigenvalue weighted by Gasteiger charge is -2.71. The average Bonchev–Trinajstić information content (AvgIpc) is 1.26. The van der Waals surface area contributed by atoms with Gasteiger partial charge in [-0.3, -0.25) is 0 Å². The first kappa shape index (κ1) is 69.0. The Kier molecular flexibility index (Phi) is 21.3. The molecule has 0 aromatic carbocycles. The highest BCUT2D eigenvalue weighted by Gasteiger charge is 2.72. The molecule has 27 nitrogen and oxygen atoms in total. The molecule has 17 N–H and O–H groups in total. The standard InChI is InChI=1S/C59H100O27/c1-24(2)10-9-14-59(8,86-52-47(76)42(71)40(69)31(82-52)23-78-50-46(75)41(70)37(66)28(19-60)79-50)25-11-16-58(7)35(25)26(63)18-33-56(5)15-13-34(55(3,4)32(56)12-17-57(33,58)6)83-53-48(43(72)38(67)29(20-61)80-53)85-54-49(44(73)39(68)30(21-62)81-54)84-51-45(74)36(65)27(64)22-77-51/h10,25-54,60-76H,9,11-23H2,1-8H3/t25-,26+,27-,28-,29-,30+,31-,32+,33+,34+,35-,36-,37-,38-,39+,40-,41-,42-,43+,44+,45+,46+,47+,48-,49-,50-,51+,52+,53+,54+,56-,57+,58-,59+/m1/s1. The number of rotatable bonds is 18. The third-order valence-corrected chi connectivity index (χ3v) is 22.6. The molecule has 5 aliphatic heterocycles. The molecule has 9 aliphatic rings. The van der Waals surface area contributed by atoms with Crippen molar-refractivity contribution in [2.24, 2.45) is 45.3 Å². The number of aliphatic hydroxyl groups excluding tert-OH is 17. The topological polar surface area (TPSA) is 436 Å². The summed E-state index contributed by atoms with van der Waals surface area (Å²) in [6.07, 6.45) is -33.5. The van der Waals surface area contributed by atoms with Gasteiger partial charge in [-0.2, -0.15) is 0 Å². The van der Waals surface area contributed by atoms with Crippen LogP contribution in [0.4, 0.5) is 0 Å². The maximum Gasteiger partial charge on any atom is 0.187 e. The van der Waals surface area contributed by atoms with Crippen molar-refractivity contribution in [3.63, 3.8) is 0 Å². The normalized spacial score (nSPS) is 52.9. The highest BCUT2D eigenvalue weighted by molar-refractivity contribution is 5.21. The highest BCUT2D eigenvalue weighted by Crippen LogP contribution is 2.76. The fraction of sp³-hybridized carbons (Fsp3) is 0.966. The van der Waals surface area contributed by atoms with Crippen molar-refractivity contribution in [1.29, 1.82) is 0 Å². The van der Waals surface area contributed by atoms with E-state index < -0.39 is 209 Å². The van der Waals surface area contributed by atoms with E-state index in [9.17, 15) is 86.8 Å². The van der Waals surface area contributed by atoms with E-state index in [4.69, 9.17) is 47.4 Å². The second kappa shape index (κ2) is 26.6. The third-order valence-electron chi connectivity index (χ3n) is 22.6. The Morgan fingerprint density at radius 3 is 1.59 bits per heavy atom. The van der Waals surface area contributed by atoms with Crippen LogP contribution < -0.4 is 0 Å². The summed E-state index contributed by atoms with van der Waals surface area (Å²) in [7, 11) is 0. The second-order valence-electron chi connectivity index (χ2n) is 28.1. The van der Waals surface area contributed by atoms with Crippen molar-refractivity contribution >= 4 is 0 Å². The van der Waals surface area contributed by atoms with Crippen molar-refractivity contribution in [2.45, 2.75) is 278 Å². The highest BCUT2D eigenvalue weighted by atomic mass is 16.8. The van der Waals surface area contributed by atoms with E-state index in [1.54, 1.807) is 0 Å². The molecule has 4 saturated carbocycles. The Hall–Kier alpha value is -1.34. The van der Waals surface area contributed by atoms with Gasteiger partial charge in [0.1, 0.15) is 116 Å². The zero-order valence-corrected chi connectivity index (χ0v) is 50.5. The van der Waals surface area contributed by atoms with Crippen molar-refractivity contribution in [2.75, 3.05) is 33.0 Å². The molecule has 0 unspecified atom stereocenters. The summed E-state index contributed by atoms with van der Waals surface area (Å²) in [6, 6.07) is 0. The predicted octanol–water partition coefficient (Wildman–Crippen LogP) is -3.74. The molecular formula is C59H100O27. The number of hydrogen-bond acceptors (Lipinski definition) is 27. The van der Waals surface area contributed by atoms with Crippen LogP contribution >= 0.6 is 0 Å². The summed E-state index contributed by atoms with van der Waals surface area (Å²) in [5.41, 5.74) is -1.87. The van der Waals surface area contributed by atoms with E-state index in [-0.39, 0.29) is 34.5 Å². The molecule has 498 valence electrons. The van der Waals surface area contributed by atoms with Gasteiger partial charge < -0.3 is 134 Å². The van der Waals surface area contributed by atoms with Crippen LogP contribution in [0.1, 0.15) is 113 Å². The van der Waals surface area contributed by atoms with Gasteiger partial charge in [0.25, 0.3) is 0 Å². The summed E-state index contributed by atoms with van der Waals surface area (Å²) < 4.78 is 61.1. The number of allylic oxidation sites excluding steroid dienone is 2. The van der Waals surface area contributed by atoms with Crippen LogP contribution in [0.3, 0.4) is 0 Å². The fourth-order valence-electron chi connectivity index (χ4n) is 17.4. The number of aliphatic hydroxyl groups is 17. The minimum atomic E-state index is -1.89. The molecule has 86 heavy (non-hydrogen) atoms. The van der Waals surface area contributed by atoms with Gasteiger partial charge in [-0.25, -0.2) is 0 Å². The zero-order chi connectivity index (χ0) is 63.1. The molecule has 5 saturated heterocycles. The van der Waals surface area contributed by atoms with E-state index in [0.29, 0.717) is 38.5 Å². The molecule has 27 heteroatoms. The van der Waals surface area contributed by atoms with Crippen molar-refractivity contribution in [1.82, 2.24) is 0 Å². The summed E-state index contributed by atoms with van der Waals surface area (Å²) in [5, 5.41) is 185. The van der Waals surface area contributed by atoms with Crippen LogP contribution in [0.2, 0.25) is 0 Å². The van der Waals surface area contributed by atoms with Gasteiger partial charge >= 0.3 is 0 Å². The molecule has 0 amide bonds. The van der Waals surface area contributed by atoms with Gasteiger partial charge in [0, 0.05) is 0 Å². The maximum absolute atomic E-state index is 12.9. The molecule has 0 aromatic heterocycles. The van der Waals surface area contributed by atoms with Crippen LogP contribution in [0, 0.1) is 45.3 Å². The number of fused-ring (bicyclic) bond motifs is 5. The SMILES string of the molecule is CC(C)=CCC[C@](C)(O[C@@H]1O[C@H](CO[C@@H]2O[C@H](CO)[C@@H](O)[C@@H](O)[C@@H]2O)[C@@H](O)[C@@H](O)[C@@H]1O)[C@@H]1CC[C@]2(C)[C@H]1[C@@H](O)C[C@H]1[C@]3(C)CC[C@H](O[C@@H]4O[C@H](CO)[C@@H](O)[C@H](O)[C@H]4O[C@@H]4O[C@@H](CO)[C@H](O)[C@H](O)[C@H]4O[C@@H]4OC[C@@H](O)[C@@H](O)[C@@H]4O)C(C)(C)[C@@H]3CC[C@@]12C. The molecule has 5 heterocycles. The minimum absolute atomic E-state index is 0.0122. The summed E-state index contributed by atoms with van der Waals surface area (Å²) in [4.78, 5) is 0. The van der Waals surface area contributed by atoms with Crippen LogP contribution in [-0.4, -0.2) is 285 Å². The fourth-order valence-corrected chi connectivity index (χ4v) is 17.4. The Bertz CT molecular complexity index is 2260. The molecule has 4 aliphatic carbocycles. The van der Waals surface area contributed by atoms with Gasteiger partial charge in [-0.15, -0.1) is 0 Å². The monoisotopic (exact) mass is 1240 g/mol. The molecule has 9 fully saturated rings. The van der Waals surface area contributed by atoms with Crippen molar-refractivity contribution in [3.05, 3.63) is 11.6 Å². The van der Waals surface area contributed by atoms with Gasteiger partial charge in [0.2, 0.25) is 0 Å². The van der Waals surface area contributed by atoms with Gasteiger partial charge in [0.05, 0.1) is 50.8 Å². The molecule has 0 spiro atoms. The largest absolute Gasteiger partial charge is 0.394 e. The molecule has 9 rings (SSSR count). The average molecular weight is 1240 g/mol. The first-order chi connectivity index (χ1) is 40.3. The lowest BCUT2D eigenvalue weighted by atomic mass is 9.35. The Labute approximate surface area is 501 Å². The zero-order valence-electron chi connectivity index (χ0n) is 50.5. The maximum atomic E-state index is 12.9. The van der Waals surface area contributed by atoms with Gasteiger partial charge in [-0.1, -0.05) is 46.3 Å². The van der Waals surface area contributed by atoms with Crippen LogP contribution in [0.15, 0.2) is 11.6 Å². The smallest absolute Gasteiger partial charge is 0.187 e. The van der Waals surface area contributed by atoms with Crippen LogP contribution in [0.25, 0.3) is 0 Å². The van der Waals surface area contributed by atoms with E-state index in [2.05, 4.69) is 40.7 Å². The van der Waals surface area contributed by atoms with Crippen molar-refractivity contribution < 1.29 is 134 Å². The van der Waals surface area contributed by atoms with E-state index in [1.165, 1.54) is 0 Å². The quantitative estimate of drug-likeness (QED) is 0.0463. The minimum Gasteiger partial charge on any atom is -0.394 e. The Morgan fingerprint density at radius 1 is 0.512 bits per heavy atom. The molecular weight excluding hydrogens is 1140 g/mol. The molecule has 0 radical (unpaired) electrons.